The third-order valence-corrected chi connectivity index (χ3v) is 6.34. The maximum atomic E-state index is 13.1. The molecule has 3 heterocycles. The first-order valence-corrected chi connectivity index (χ1v) is 11.7. The maximum absolute atomic E-state index is 13.1. The Hall–Kier alpha value is -3.92. The van der Waals surface area contributed by atoms with Gasteiger partial charge in [0.1, 0.15) is 5.82 Å². The van der Waals surface area contributed by atoms with Crippen molar-refractivity contribution < 1.29 is 18.2 Å². The number of carbonyl (C=O) groups is 1. The van der Waals surface area contributed by atoms with E-state index >= 15 is 0 Å². The number of carbonyl (C=O) groups excluding carboxylic acids is 1. The van der Waals surface area contributed by atoms with E-state index < -0.39 is 0 Å². The van der Waals surface area contributed by atoms with E-state index in [0.717, 1.165) is 18.4 Å². The average Bonchev–Trinajstić information content (AvgIpc) is 3.43. The van der Waals surface area contributed by atoms with Gasteiger partial charge in [0.2, 0.25) is 11.7 Å². The Morgan fingerprint density at radius 1 is 0.886 bits per heavy atom. The molecule has 1 aliphatic heterocycles. The van der Waals surface area contributed by atoms with Crippen LogP contribution in [-0.2, 0) is 6.54 Å². The summed E-state index contributed by atoms with van der Waals surface area (Å²) in [5, 5.41) is 8.10. The molecule has 2 aliphatic rings. The predicted octanol–water partition coefficient (Wildman–Crippen LogP) is 3.76. The Labute approximate surface area is 200 Å². The molecule has 0 atom stereocenters. The van der Waals surface area contributed by atoms with E-state index in [1.165, 1.54) is 12.1 Å². The van der Waals surface area contributed by atoms with E-state index in [-0.39, 0.29) is 11.7 Å². The largest absolute Gasteiger partial charge is 0.339 e. The third kappa shape index (κ3) is 4.69. The van der Waals surface area contributed by atoms with E-state index in [1.807, 2.05) is 29.2 Å². The molecule has 1 saturated heterocycles. The van der Waals surface area contributed by atoms with Crippen LogP contribution in [0, 0.1) is 5.82 Å². The highest BCUT2D eigenvalue weighted by Crippen LogP contribution is 2.39. The van der Waals surface area contributed by atoms with Crippen LogP contribution < -0.4 is 0 Å². The lowest BCUT2D eigenvalue weighted by atomic mass is 10.1. The highest BCUT2D eigenvalue weighted by Gasteiger charge is 2.30. The van der Waals surface area contributed by atoms with Crippen molar-refractivity contribution in [1.29, 1.82) is 0 Å². The third-order valence-electron chi connectivity index (χ3n) is 6.34. The zero-order valence-electron chi connectivity index (χ0n) is 18.9. The van der Waals surface area contributed by atoms with Gasteiger partial charge in [0.05, 0.1) is 6.54 Å². The lowest BCUT2D eigenvalue weighted by Crippen LogP contribution is -2.48. The van der Waals surface area contributed by atoms with Crippen molar-refractivity contribution in [2.24, 2.45) is 0 Å². The first-order chi connectivity index (χ1) is 17.1. The Morgan fingerprint density at radius 2 is 1.60 bits per heavy atom. The van der Waals surface area contributed by atoms with Crippen LogP contribution in [0.15, 0.2) is 57.6 Å². The van der Waals surface area contributed by atoms with Crippen molar-refractivity contribution in [1.82, 2.24) is 30.1 Å². The zero-order chi connectivity index (χ0) is 23.8. The maximum Gasteiger partial charge on any atom is 0.257 e. The summed E-state index contributed by atoms with van der Waals surface area (Å²) in [6.07, 6.45) is 2.21. The molecule has 1 saturated carbocycles. The topological polar surface area (TPSA) is 101 Å². The second kappa shape index (κ2) is 9.03. The fraction of sp³-hybridized carbons (Fsp3) is 0.320. The predicted molar refractivity (Wildman–Crippen MR) is 123 cm³/mol. The van der Waals surface area contributed by atoms with E-state index in [9.17, 15) is 9.18 Å². The van der Waals surface area contributed by atoms with E-state index in [4.69, 9.17) is 9.05 Å². The van der Waals surface area contributed by atoms with Crippen LogP contribution in [0.5, 0.6) is 0 Å². The van der Waals surface area contributed by atoms with Crippen molar-refractivity contribution in [3.05, 3.63) is 71.6 Å². The van der Waals surface area contributed by atoms with Gasteiger partial charge in [-0.2, -0.15) is 9.97 Å². The Balaban J connectivity index is 1.03. The van der Waals surface area contributed by atoms with Gasteiger partial charge in [-0.15, -0.1) is 0 Å². The molecule has 9 nitrogen and oxygen atoms in total. The molecule has 0 bridgehead atoms. The smallest absolute Gasteiger partial charge is 0.257 e. The van der Waals surface area contributed by atoms with Crippen LogP contribution in [0.4, 0.5) is 4.39 Å². The summed E-state index contributed by atoms with van der Waals surface area (Å²) in [7, 11) is 0. The summed E-state index contributed by atoms with van der Waals surface area (Å²) in [6.45, 7) is 3.15. The van der Waals surface area contributed by atoms with Gasteiger partial charge >= 0.3 is 0 Å². The molecule has 0 spiro atoms. The van der Waals surface area contributed by atoms with Crippen molar-refractivity contribution in [3.63, 3.8) is 0 Å². The van der Waals surface area contributed by atoms with E-state index in [0.29, 0.717) is 73.2 Å². The monoisotopic (exact) mass is 474 g/mol. The van der Waals surface area contributed by atoms with Gasteiger partial charge in [0.25, 0.3) is 11.8 Å². The minimum atomic E-state index is -0.314. The molecule has 178 valence electrons. The quantitative estimate of drug-likeness (QED) is 0.416. The minimum absolute atomic E-state index is 0.00105. The van der Waals surface area contributed by atoms with Crippen LogP contribution >= 0.6 is 0 Å². The Bertz CT molecular complexity index is 1320. The van der Waals surface area contributed by atoms with Gasteiger partial charge in [0.15, 0.2) is 5.82 Å². The van der Waals surface area contributed by atoms with E-state index in [2.05, 4.69) is 25.2 Å². The summed E-state index contributed by atoms with van der Waals surface area (Å²) in [5.41, 5.74) is 2.15. The fourth-order valence-corrected chi connectivity index (χ4v) is 4.13. The standard InChI is InChI=1S/C25H23FN6O3/c26-20-9-7-18(8-10-20)23-27-21(29-34-23)15-31-11-13-32(14-12-31)25(33)19-5-1-16(2-6-19)22-28-24(35-30-22)17-3-4-17/h1-2,5-10,17H,3-4,11-15H2. The van der Waals surface area contributed by atoms with E-state index in [1.54, 1.807) is 12.1 Å². The molecule has 1 aliphatic carbocycles. The molecule has 0 N–H and O–H groups in total. The second-order valence-electron chi connectivity index (χ2n) is 8.90. The Kier molecular flexibility index (Phi) is 5.57. The number of benzene rings is 2. The molecular weight excluding hydrogens is 451 g/mol. The molecular formula is C25H23FN6O3. The lowest BCUT2D eigenvalue weighted by molar-refractivity contribution is 0.0624. The molecule has 35 heavy (non-hydrogen) atoms. The minimum Gasteiger partial charge on any atom is -0.339 e. The Morgan fingerprint density at radius 3 is 2.31 bits per heavy atom. The molecule has 10 heteroatoms. The normalized spacial score (nSPS) is 16.5. The first-order valence-electron chi connectivity index (χ1n) is 11.7. The van der Waals surface area contributed by atoms with Gasteiger partial charge in [-0.3, -0.25) is 9.69 Å². The van der Waals surface area contributed by atoms with Crippen molar-refractivity contribution >= 4 is 5.91 Å². The number of halogens is 1. The number of rotatable bonds is 6. The molecule has 1 amide bonds. The summed E-state index contributed by atoms with van der Waals surface area (Å²) in [5.74, 6) is 2.28. The fourth-order valence-electron chi connectivity index (χ4n) is 4.13. The summed E-state index contributed by atoms with van der Waals surface area (Å²) in [4.78, 5) is 25.9. The molecule has 4 aromatic rings. The molecule has 2 fully saturated rings. The SMILES string of the molecule is O=C(c1ccc(-c2noc(C3CC3)n2)cc1)N1CCN(Cc2noc(-c3ccc(F)cc3)n2)CC1. The highest BCUT2D eigenvalue weighted by atomic mass is 19.1. The van der Waals surface area contributed by atoms with Gasteiger partial charge in [-0.05, 0) is 49.2 Å². The van der Waals surface area contributed by atoms with Crippen molar-refractivity contribution in [2.75, 3.05) is 26.2 Å². The summed E-state index contributed by atoms with van der Waals surface area (Å²) >= 11 is 0. The van der Waals surface area contributed by atoms with Gasteiger partial charge < -0.3 is 13.9 Å². The van der Waals surface area contributed by atoms with Gasteiger partial charge in [0, 0.05) is 48.8 Å². The summed E-state index contributed by atoms with van der Waals surface area (Å²) in [6, 6.07) is 13.3. The van der Waals surface area contributed by atoms with Crippen LogP contribution in [0.1, 0.15) is 40.8 Å². The summed E-state index contributed by atoms with van der Waals surface area (Å²) < 4.78 is 23.8. The number of piperazine rings is 1. The first kappa shape index (κ1) is 21.6. The van der Waals surface area contributed by atoms with Crippen molar-refractivity contribution in [3.8, 4) is 22.8 Å². The van der Waals surface area contributed by atoms with Crippen LogP contribution in [-0.4, -0.2) is 62.2 Å². The molecule has 2 aromatic carbocycles. The van der Waals surface area contributed by atoms with Gasteiger partial charge in [-0.1, -0.05) is 22.4 Å². The lowest BCUT2D eigenvalue weighted by Gasteiger charge is -2.34. The van der Waals surface area contributed by atoms with Crippen LogP contribution in [0.25, 0.3) is 22.8 Å². The zero-order valence-corrected chi connectivity index (χ0v) is 18.9. The molecule has 0 radical (unpaired) electrons. The highest BCUT2D eigenvalue weighted by molar-refractivity contribution is 5.94. The molecule has 0 unspecified atom stereocenters. The number of hydrogen-bond donors (Lipinski definition) is 0. The van der Waals surface area contributed by atoms with Crippen LogP contribution in [0.3, 0.4) is 0 Å². The number of nitrogens with zero attached hydrogens (tertiary/aromatic N) is 6. The molecule has 2 aromatic heterocycles. The average molecular weight is 474 g/mol. The van der Waals surface area contributed by atoms with Gasteiger partial charge in [-0.25, -0.2) is 4.39 Å². The van der Waals surface area contributed by atoms with Crippen LogP contribution in [0.2, 0.25) is 0 Å². The number of hydrogen-bond acceptors (Lipinski definition) is 8. The second-order valence-corrected chi connectivity index (χ2v) is 8.90. The number of amides is 1. The molecule has 6 rings (SSSR count). The van der Waals surface area contributed by atoms with Crippen molar-refractivity contribution in [2.45, 2.75) is 25.3 Å². The number of aromatic nitrogens is 4.